The Labute approximate surface area is 158 Å². The average molecular weight is 383 g/mol. The number of carbonyl (C=O) groups excluding carboxylic acids is 1. The van der Waals surface area contributed by atoms with Gasteiger partial charge in [-0.3, -0.25) is 10.1 Å². The topological polar surface area (TPSA) is 68.0 Å². The van der Waals surface area contributed by atoms with E-state index in [2.05, 4.69) is 29.4 Å². The molecule has 0 atom stereocenters. The zero-order valence-electron chi connectivity index (χ0n) is 14.4. The zero-order valence-corrected chi connectivity index (χ0v) is 16.0. The van der Waals surface area contributed by atoms with Gasteiger partial charge in [0, 0.05) is 11.1 Å². The molecule has 2 aromatic heterocycles. The molecular weight excluding hydrogens is 366 g/mol. The second-order valence-corrected chi connectivity index (χ2v) is 8.59. The van der Waals surface area contributed by atoms with Gasteiger partial charge < -0.3 is 4.42 Å². The van der Waals surface area contributed by atoms with E-state index in [0.717, 1.165) is 26.3 Å². The van der Waals surface area contributed by atoms with Crippen LogP contribution < -0.4 is 5.32 Å². The number of hydrogen-bond donors (Lipinski definition) is 1. The molecule has 0 saturated heterocycles. The summed E-state index contributed by atoms with van der Waals surface area (Å²) < 4.78 is 6.59. The van der Waals surface area contributed by atoms with Gasteiger partial charge in [0.2, 0.25) is 5.13 Å². The number of furan rings is 1. The lowest BCUT2D eigenvalue weighted by molar-refractivity contribution is 0.0998. The van der Waals surface area contributed by atoms with E-state index in [1.165, 1.54) is 11.3 Å². The molecule has 4 rings (SSSR count). The summed E-state index contributed by atoms with van der Waals surface area (Å²) in [5.74, 6) is 1.50. The van der Waals surface area contributed by atoms with E-state index >= 15 is 0 Å². The molecular formula is C19H17N3O2S2. The highest BCUT2D eigenvalue weighted by atomic mass is 32.2. The van der Waals surface area contributed by atoms with E-state index in [4.69, 9.17) is 4.42 Å². The van der Waals surface area contributed by atoms with Crippen molar-refractivity contribution in [3.8, 4) is 0 Å². The smallest absolute Gasteiger partial charge is 0.293 e. The van der Waals surface area contributed by atoms with E-state index in [1.54, 1.807) is 17.8 Å². The van der Waals surface area contributed by atoms with Crippen LogP contribution in [-0.2, 0) is 0 Å². The number of carbonyl (C=O) groups is 1. The van der Waals surface area contributed by atoms with Gasteiger partial charge in [-0.2, -0.15) is 0 Å². The first-order valence-corrected chi connectivity index (χ1v) is 10.1. The summed E-state index contributed by atoms with van der Waals surface area (Å²) in [6.45, 7) is 4.31. The van der Waals surface area contributed by atoms with Crippen LogP contribution in [0.15, 0.2) is 51.2 Å². The quantitative estimate of drug-likeness (QED) is 0.367. The number of nitrogens with zero attached hydrogens (tertiary/aromatic N) is 2. The second-order valence-electron chi connectivity index (χ2n) is 6.34. The molecule has 4 aromatic rings. The fraction of sp³-hybridized carbons (Fsp3) is 0.211. The minimum absolute atomic E-state index is 0.267. The van der Waals surface area contributed by atoms with Crippen molar-refractivity contribution >= 4 is 55.9 Å². The van der Waals surface area contributed by atoms with Crippen LogP contribution in [-0.4, -0.2) is 21.9 Å². The Bertz CT molecular complexity index is 1080. The van der Waals surface area contributed by atoms with Crippen LogP contribution >= 0.6 is 23.1 Å². The van der Waals surface area contributed by atoms with Gasteiger partial charge in [0.05, 0.1) is 0 Å². The highest BCUT2D eigenvalue weighted by Gasteiger charge is 2.16. The zero-order chi connectivity index (χ0) is 18.1. The van der Waals surface area contributed by atoms with Crippen molar-refractivity contribution in [1.82, 2.24) is 10.2 Å². The summed E-state index contributed by atoms with van der Waals surface area (Å²) in [5, 5.41) is 14.5. The monoisotopic (exact) mass is 383 g/mol. The molecule has 132 valence electrons. The first-order chi connectivity index (χ1) is 12.6. The van der Waals surface area contributed by atoms with Crippen LogP contribution in [0, 0.1) is 5.92 Å². The Hall–Kier alpha value is -2.38. The maximum absolute atomic E-state index is 12.5. The lowest BCUT2D eigenvalue weighted by atomic mass is 10.1. The van der Waals surface area contributed by atoms with Gasteiger partial charge in [0.15, 0.2) is 10.1 Å². The van der Waals surface area contributed by atoms with Crippen molar-refractivity contribution in [2.45, 2.75) is 18.2 Å². The molecule has 26 heavy (non-hydrogen) atoms. The molecule has 0 spiro atoms. The summed E-state index contributed by atoms with van der Waals surface area (Å²) in [6, 6.07) is 13.7. The Morgan fingerprint density at radius 2 is 2.04 bits per heavy atom. The lowest BCUT2D eigenvalue weighted by Gasteiger charge is -1.99. The molecule has 1 N–H and O–H groups in total. The molecule has 0 aliphatic carbocycles. The van der Waals surface area contributed by atoms with E-state index in [1.807, 2.05) is 36.4 Å². The highest BCUT2D eigenvalue weighted by Crippen LogP contribution is 2.30. The molecule has 0 radical (unpaired) electrons. The maximum atomic E-state index is 12.5. The Kier molecular flexibility index (Phi) is 4.65. The molecule has 5 nitrogen and oxygen atoms in total. The molecule has 0 aliphatic rings. The van der Waals surface area contributed by atoms with E-state index in [-0.39, 0.29) is 11.7 Å². The van der Waals surface area contributed by atoms with Crippen LogP contribution in [0.5, 0.6) is 0 Å². The second kappa shape index (κ2) is 7.09. The third-order valence-corrected chi connectivity index (χ3v) is 6.22. The van der Waals surface area contributed by atoms with E-state index < -0.39 is 0 Å². The number of benzene rings is 2. The van der Waals surface area contributed by atoms with Gasteiger partial charge in [-0.15, -0.1) is 10.2 Å². The molecule has 2 aromatic carbocycles. The lowest BCUT2D eigenvalue weighted by Crippen LogP contribution is -2.10. The van der Waals surface area contributed by atoms with Crippen LogP contribution in [0.1, 0.15) is 24.4 Å². The summed E-state index contributed by atoms with van der Waals surface area (Å²) in [4.78, 5) is 12.5. The third-order valence-electron chi connectivity index (χ3n) is 3.82. The van der Waals surface area contributed by atoms with Crippen LogP contribution in [0.25, 0.3) is 21.7 Å². The van der Waals surface area contributed by atoms with Gasteiger partial charge in [0.25, 0.3) is 5.91 Å². The molecule has 0 fully saturated rings. The number of amides is 1. The van der Waals surface area contributed by atoms with Gasteiger partial charge in [-0.05, 0) is 28.8 Å². The first kappa shape index (κ1) is 17.1. The van der Waals surface area contributed by atoms with Crippen LogP contribution in [0.3, 0.4) is 0 Å². The SMILES string of the molecule is CC(C)CSc1nnc(NC(=O)c2cc3c(ccc4ccccc43)o2)s1. The third kappa shape index (κ3) is 3.45. The Morgan fingerprint density at radius 1 is 1.19 bits per heavy atom. The molecule has 1 amide bonds. The van der Waals surface area contributed by atoms with Gasteiger partial charge in [-0.25, -0.2) is 0 Å². The minimum atomic E-state index is -0.318. The standard InChI is InChI=1S/C19H17N3O2S2/c1-11(2)10-25-19-22-21-18(26-19)20-17(23)16-9-14-13-6-4-3-5-12(13)7-8-15(14)24-16/h3-9,11H,10H2,1-2H3,(H,20,21,23). The summed E-state index contributed by atoms with van der Waals surface area (Å²) in [6.07, 6.45) is 0. The summed E-state index contributed by atoms with van der Waals surface area (Å²) >= 11 is 3.02. The van der Waals surface area contributed by atoms with Crippen LogP contribution in [0.4, 0.5) is 5.13 Å². The largest absolute Gasteiger partial charge is 0.451 e. The number of rotatable bonds is 5. The highest BCUT2D eigenvalue weighted by molar-refractivity contribution is 8.01. The average Bonchev–Trinajstić information content (AvgIpc) is 3.26. The van der Waals surface area contributed by atoms with Crippen molar-refractivity contribution in [2.75, 3.05) is 11.1 Å². The number of aromatic nitrogens is 2. The number of nitrogens with one attached hydrogen (secondary N) is 1. The van der Waals surface area contributed by atoms with Gasteiger partial charge in [0.1, 0.15) is 5.58 Å². The van der Waals surface area contributed by atoms with Crippen molar-refractivity contribution in [2.24, 2.45) is 5.92 Å². The van der Waals surface area contributed by atoms with Gasteiger partial charge in [-0.1, -0.05) is 67.3 Å². The number of thioether (sulfide) groups is 1. The normalized spacial score (nSPS) is 11.5. The van der Waals surface area contributed by atoms with Gasteiger partial charge >= 0.3 is 0 Å². The number of hydrogen-bond acceptors (Lipinski definition) is 6. The van der Waals surface area contributed by atoms with Crippen molar-refractivity contribution < 1.29 is 9.21 Å². The molecule has 7 heteroatoms. The Morgan fingerprint density at radius 3 is 2.88 bits per heavy atom. The molecule has 2 heterocycles. The predicted molar refractivity (Wildman–Crippen MR) is 107 cm³/mol. The van der Waals surface area contributed by atoms with E-state index in [9.17, 15) is 4.79 Å². The Balaban J connectivity index is 1.56. The molecule has 0 saturated carbocycles. The predicted octanol–water partition coefficient (Wildman–Crippen LogP) is 5.44. The minimum Gasteiger partial charge on any atom is -0.451 e. The van der Waals surface area contributed by atoms with E-state index in [0.29, 0.717) is 16.6 Å². The van der Waals surface area contributed by atoms with Crippen molar-refractivity contribution in [1.29, 1.82) is 0 Å². The molecule has 0 unspecified atom stereocenters. The molecule has 0 bridgehead atoms. The summed E-state index contributed by atoms with van der Waals surface area (Å²) in [7, 11) is 0. The number of anilines is 1. The molecule has 0 aliphatic heterocycles. The summed E-state index contributed by atoms with van der Waals surface area (Å²) in [5.41, 5.74) is 0.694. The maximum Gasteiger partial charge on any atom is 0.293 e. The van der Waals surface area contributed by atoms with Crippen molar-refractivity contribution in [3.05, 3.63) is 48.2 Å². The van der Waals surface area contributed by atoms with Crippen molar-refractivity contribution in [3.63, 3.8) is 0 Å². The fourth-order valence-corrected chi connectivity index (χ4v) is 4.34. The van der Waals surface area contributed by atoms with Crippen LogP contribution in [0.2, 0.25) is 0 Å². The fourth-order valence-electron chi connectivity index (χ4n) is 2.62. The first-order valence-electron chi connectivity index (χ1n) is 8.29. The number of fused-ring (bicyclic) bond motifs is 3.